The first-order valence-electron chi connectivity index (χ1n) is 11.7. The lowest BCUT2D eigenvalue weighted by Gasteiger charge is -2.46. The number of pyridine rings is 1. The van der Waals surface area contributed by atoms with E-state index < -0.39 is 0 Å². The monoisotopic (exact) mass is 443 g/mol. The van der Waals surface area contributed by atoms with Crippen LogP contribution in [-0.4, -0.2) is 33.4 Å². The molecule has 1 amide bonds. The number of halogens is 1. The number of H-pyrrole nitrogens is 1. The second kappa shape index (κ2) is 8.14. The molecule has 33 heavy (non-hydrogen) atoms. The topological polar surface area (TPSA) is 73.9 Å². The van der Waals surface area contributed by atoms with Crippen LogP contribution < -0.4 is 10.2 Å². The molecule has 2 saturated heterocycles. The maximum Gasteiger partial charge on any atom is 0.224 e. The van der Waals surface area contributed by atoms with Crippen LogP contribution in [-0.2, 0) is 11.2 Å². The van der Waals surface area contributed by atoms with Gasteiger partial charge in [0, 0.05) is 36.5 Å². The number of amides is 1. The molecular formula is C26H26FN5O. The van der Waals surface area contributed by atoms with Crippen molar-refractivity contribution in [1.29, 1.82) is 0 Å². The van der Waals surface area contributed by atoms with E-state index in [2.05, 4.69) is 32.3 Å². The summed E-state index contributed by atoms with van der Waals surface area (Å²) in [5.41, 5.74) is 3.04. The van der Waals surface area contributed by atoms with Gasteiger partial charge in [-0.3, -0.25) is 4.79 Å². The second-order valence-electron chi connectivity index (χ2n) is 9.30. The van der Waals surface area contributed by atoms with Crippen molar-refractivity contribution in [2.75, 3.05) is 16.8 Å². The number of anilines is 2. The van der Waals surface area contributed by atoms with Gasteiger partial charge in [-0.1, -0.05) is 0 Å². The first-order chi connectivity index (χ1) is 16.1. The Hall–Kier alpha value is -3.48. The number of hydrogen-bond donors (Lipinski definition) is 2. The number of carbonyl (C=O) groups is 1. The fourth-order valence-electron chi connectivity index (χ4n) is 5.31. The van der Waals surface area contributed by atoms with Crippen LogP contribution in [0.4, 0.5) is 15.9 Å². The van der Waals surface area contributed by atoms with Gasteiger partial charge in [0.2, 0.25) is 5.91 Å². The molecule has 4 heterocycles. The van der Waals surface area contributed by atoms with Crippen molar-refractivity contribution in [3.05, 3.63) is 60.2 Å². The summed E-state index contributed by atoms with van der Waals surface area (Å²) in [6.07, 6.45) is 6.01. The first kappa shape index (κ1) is 20.1. The van der Waals surface area contributed by atoms with Gasteiger partial charge in [-0.05, 0) is 80.1 Å². The van der Waals surface area contributed by atoms with Crippen LogP contribution in [0, 0.1) is 11.7 Å². The van der Waals surface area contributed by atoms with E-state index in [0.717, 1.165) is 34.9 Å². The van der Waals surface area contributed by atoms with Crippen molar-refractivity contribution in [2.24, 2.45) is 5.92 Å². The average Bonchev–Trinajstić information content (AvgIpc) is 3.25. The lowest BCUT2D eigenvalue weighted by molar-refractivity contribution is -0.116. The minimum Gasteiger partial charge on any atom is -0.353 e. The summed E-state index contributed by atoms with van der Waals surface area (Å²) in [5, 5.41) is 3.98. The molecule has 1 saturated carbocycles. The fourth-order valence-corrected chi connectivity index (χ4v) is 5.31. The van der Waals surface area contributed by atoms with Crippen LogP contribution in [0.5, 0.6) is 0 Å². The summed E-state index contributed by atoms with van der Waals surface area (Å²) >= 11 is 0. The number of benzene rings is 2. The predicted molar refractivity (Wildman–Crippen MR) is 128 cm³/mol. The summed E-state index contributed by atoms with van der Waals surface area (Å²) < 4.78 is 13.3. The third kappa shape index (κ3) is 4.03. The van der Waals surface area contributed by atoms with E-state index in [9.17, 15) is 9.18 Å². The smallest absolute Gasteiger partial charge is 0.224 e. The van der Waals surface area contributed by atoms with Crippen LogP contribution in [0.3, 0.4) is 0 Å². The Bertz CT molecular complexity index is 1340. The van der Waals surface area contributed by atoms with E-state index in [1.807, 2.05) is 18.2 Å². The number of rotatable bonds is 5. The van der Waals surface area contributed by atoms with Crippen molar-refractivity contribution in [3.63, 3.8) is 0 Å². The first-order valence-corrected chi connectivity index (χ1v) is 11.7. The Morgan fingerprint density at radius 1 is 1.03 bits per heavy atom. The van der Waals surface area contributed by atoms with Crippen LogP contribution in [0.15, 0.2) is 48.5 Å². The number of imidazole rings is 1. The highest BCUT2D eigenvalue weighted by molar-refractivity contribution is 5.94. The van der Waals surface area contributed by atoms with Gasteiger partial charge in [-0.25, -0.2) is 14.4 Å². The lowest BCUT2D eigenvalue weighted by Crippen LogP contribution is -2.48. The standard InChI is InChI=1S/C26H26FN5O/c27-18-4-8-22-23(14-18)30-24(29-22)10-12-26(33)28-19-5-9-21-17(13-19)3-11-25(31-21)32-15-16-1-6-20(32)7-2-16/h3-5,8-9,11,13-14,16,20H,1-2,6-7,10,12,15H2,(H,28,33)(H,29,30). The quantitative estimate of drug-likeness (QED) is 0.445. The number of nitrogens with zero attached hydrogens (tertiary/aromatic N) is 3. The molecule has 4 aromatic rings. The zero-order valence-electron chi connectivity index (χ0n) is 18.4. The highest BCUT2D eigenvalue weighted by Crippen LogP contribution is 2.37. The molecule has 0 radical (unpaired) electrons. The van der Waals surface area contributed by atoms with Crippen molar-refractivity contribution < 1.29 is 9.18 Å². The number of carbonyl (C=O) groups excluding carboxylic acids is 1. The maximum absolute atomic E-state index is 13.3. The number of piperidine rings is 2. The minimum absolute atomic E-state index is 0.0880. The number of nitrogens with one attached hydrogen (secondary N) is 2. The lowest BCUT2D eigenvalue weighted by atomic mass is 9.80. The molecule has 2 aromatic heterocycles. The largest absolute Gasteiger partial charge is 0.353 e. The van der Waals surface area contributed by atoms with Gasteiger partial charge in [-0.15, -0.1) is 0 Å². The van der Waals surface area contributed by atoms with E-state index in [1.54, 1.807) is 6.07 Å². The number of fused-ring (bicyclic) bond motifs is 5. The van der Waals surface area contributed by atoms with Gasteiger partial charge in [0.25, 0.3) is 0 Å². The molecule has 0 unspecified atom stereocenters. The van der Waals surface area contributed by atoms with Gasteiger partial charge in [0.15, 0.2) is 0 Å². The zero-order valence-corrected chi connectivity index (χ0v) is 18.4. The van der Waals surface area contributed by atoms with Crippen molar-refractivity contribution in [1.82, 2.24) is 15.0 Å². The average molecular weight is 444 g/mol. The van der Waals surface area contributed by atoms with Gasteiger partial charge in [0.05, 0.1) is 16.6 Å². The van der Waals surface area contributed by atoms with Crippen LogP contribution >= 0.6 is 0 Å². The molecule has 168 valence electrons. The fraction of sp³-hybridized carbons (Fsp3) is 0.346. The molecule has 0 atom stereocenters. The summed E-state index contributed by atoms with van der Waals surface area (Å²) in [6, 6.07) is 15.1. The zero-order chi connectivity index (χ0) is 22.4. The molecule has 2 aliphatic heterocycles. The summed E-state index contributed by atoms with van der Waals surface area (Å²) in [6.45, 7) is 1.12. The van der Waals surface area contributed by atoms with E-state index in [0.29, 0.717) is 29.3 Å². The highest BCUT2D eigenvalue weighted by Gasteiger charge is 2.34. The van der Waals surface area contributed by atoms with Crippen molar-refractivity contribution >= 4 is 39.3 Å². The Balaban J connectivity index is 1.11. The van der Waals surface area contributed by atoms with Gasteiger partial charge < -0.3 is 15.2 Å². The molecule has 7 heteroatoms. The van der Waals surface area contributed by atoms with E-state index in [1.165, 1.54) is 37.8 Å². The maximum atomic E-state index is 13.3. The summed E-state index contributed by atoms with van der Waals surface area (Å²) in [4.78, 5) is 27.4. The van der Waals surface area contributed by atoms with Crippen molar-refractivity contribution in [3.8, 4) is 0 Å². The third-order valence-electron chi connectivity index (χ3n) is 7.05. The molecule has 2 aromatic carbocycles. The molecule has 2 bridgehead atoms. The Labute approximate surface area is 191 Å². The van der Waals surface area contributed by atoms with Gasteiger partial charge >= 0.3 is 0 Å². The molecule has 2 N–H and O–H groups in total. The van der Waals surface area contributed by atoms with Gasteiger partial charge in [0.1, 0.15) is 17.5 Å². The van der Waals surface area contributed by atoms with E-state index >= 15 is 0 Å². The number of hydrogen-bond acceptors (Lipinski definition) is 4. The Morgan fingerprint density at radius 2 is 1.88 bits per heavy atom. The molecule has 1 aliphatic carbocycles. The molecule has 6 nitrogen and oxygen atoms in total. The Kier molecular flexibility index (Phi) is 4.97. The second-order valence-corrected chi connectivity index (χ2v) is 9.30. The predicted octanol–water partition coefficient (Wildman–Crippen LogP) is 5.20. The molecule has 3 fully saturated rings. The number of aromatic amines is 1. The normalized spacial score (nSPS) is 20.0. The van der Waals surface area contributed by atoms with Crippen molar-refractivity contribution in [2.45, 2.75) is 44.6 Å². The minimum atomic E-state index is -0.309. The van der Waals surface area contributed by atoms with Crippen LogP contribution in [0.2, 0.25) is 0 Å². The molecular weight excluding hydrogens is 417 g/mol. The van der Waals surface area contributed by atoms with Gasteiger partial charge in [-0.2, -0.15) is 0 Å². The van der Waals surface area contributed by atoms with Crippen LogP contribution in [0.1, 0.15) is 37.9 Å². The SMILES string of the molecule is O=C(CCc1nc2ccc(F)cc2[nH]1)Nc1ccc2nc(N3CC4CCC3CC4)ccc2c1. The molecule has 3 aliphatic rings. The Morgan fingerprint density at radius 3 is 2.70 bits per heavy atom. The molecule has 7 rings (SSSR count). The number of aromatic nitrogens is 3. The van der Waals surface area contributed by atoms with E-state index in [4.69, 9.17) is 4.98 Å². The third-order valence-corrected chi connectivity index (χ3v) is 7.05. The van der Waals surface area contributed by atoms with Crippen LogP contribution in [0.25, 0.3) is 21.9 Å². The highest BCUT2D eigenvalue weighted by atomic mass is 19.1. The molecule has 0 spiro atoms. The summed E-state index contributed by atoms with van der Waals surface area (Å²) in [5.74, 6) is 2.16. The number of aryl methyl sites for hydroxylation is 1. The van der Waals surface area contributed by atoms with E-state index in [-0.39, 0.29) is 18.1 Å². The summed E-state index contributed by atoms with van der Waals surface area (Å²) in [7, 11) is 0.